The Kier molecular flexibility index (Phi) is 7.12. The lowest BCUT2D eigenvalue weighted by Gasteiger charge is -2.33. The Morgan fingerprint density at radius 1 is 1.27 bits per heavy atom. The van der Waals surface area contributed by atoms with Gasteiger partial charge in [-0.3, -0.25) is 4.90 Å². The molecule has 3 N–H and O–H groups in total. The molecule has 0 amide bonds. The van der Waals surface area contributed by atoms with E-state index in [0.29, 0.717) is 47.1 Å². The molecule has 3 aliphatic rings. The molecule has 6 rings (SSSR count). The zero-order valence-corrected chi connectivity index (χ0v) is 24.4. The summed E-state index contributed by atoms with van der Waals surface area (Å²) in [5.74, 6) is 2.36. The quantitative estimate of drug-likeness (QED) is 0.412. The van der Waals surface area contributed by atoms with Gasteiger partial charge in [0.15, 0.2) is 17.3 Å². The Morgan fingerprint density at radius 3 is 2.83 bits per heavy atom. The molecular weight excluding hydrogens is 518 g/mol. The van der Waals surface area contributed by atoms with Crippen LogP contribution in [0, 0.1) is 11.3 Å². The molecule has 41 heavy (non-hydrogen) atoms. The lowest BCUT2D eigenvalue weighted by Crippen LogP contribution is -2.38. The van der Waals surface area contributed by atoms with Gasteiger partial charge in [0.25, 0.3) is 0 Å². The number of nitrogen functional groups attached to an aromatic ring is 1. The van der Waals surface area contributed by atoms with Crippen LogP contribution in [0.15, 0.2) is 22.7 Å². The third kappa shape index (κ3) is 4.71. The maximum Gasteiger partial charge on any atom is 0.219 e. The van der Waals surface area contributed by atoms with Gasteiger partial charge >= 0.3 is 0 Å². The Labute approximate surface area is 241 Å². The fraction of sp³-hybridized carbons (Fsp3) is 0.548. The number of aryl methyl sites for hydroxylation is 1. The van der Waals surface area contributed by atoms with Crippen LogP contribution in [0.4, 0.5) is 11.5 Å². The van der Waals surface area contributed by atoms with E-state index in [2.05, 4.69) is 30.1 Å². The van der Waals surface area contributed by atoms with E-state index in [0.717, 1.165) is 73.9 Å². The molecule has 216 valence electrons. The number of rotatable bonds is 7. The second-order valence-electron chi connectivity index (χ2n) is 12.1. The van der Waals surface area contributed by atoms with Gasteiger partial charge in [-0.1, -0.05) is 11.2 Å². The molecule has 1 aliphatic heterocycles. The third-order valence-electron chi connectivity index (χ3n) is 9.24. The minimum atomic E-state index is -0.530. The molecule has 1 fully saturated rings. The summed E-state index contributed by atoms with van der Waals surface area (Å²) in [6.45, 7) is 5.31. The summed E-state index contributed by atoms with van der Waals surface area (Å²) in [5, 5.41) is 24.7. The predicted octanol–water partition coefficient (Wildman–Crippen LogP) is 3.83. The summed E-state index contributed by atoms with van der Waals surface area (Å²) in [4.78, 5) is 14.0. The van der Waals surface area contributed by atoms with Gasteiger partial charge in [-0.2, -0.15) is 10.2 Å². The highest BCUT2D eigenvalue weighted by atomic mass is 16.5. The van der Waals surface area contributed by atoms with Crippen LogP contribution in [0.1, 0.15) is 74.0 Å². The zero-order valence-electron chi connectivity index (χ0n) is 24.4. The number of likely N-dealkylation sites (N-methyl/N-ethyl adjacent to an activating group) is 2. The van der Waals surface area contributed by atoms with E-state index < -0.39 is 11.5 Å². The Morgan fingerprint density at radius 2 is 2.10 bits per heavy atom. The van der Waals surface area contributed by atoms with Gasteiger partial charge in [0, 0.05) is 37.0 Å². The van der Waals surface area contributed by atoms with E-state index in [4.69, 9.17) is 25.0 Å². The van der Waals surface area contributed by atoms with Crippen LogP contribution < -0.4 is 15.4 Å². The van der Waals surface area contributed by atoms with Gasteiger partial charge in [-0.25, -0.2) is 4.98 Å². The molecule has 2 aliphatic carbocycles. The monoisotopic (exact) mass is 557 g/mol. The first-order valence-corrected chi connectivity index (χ1v) is 14.7. The molecule has 3 aromatic rings. The van der Waals surface area contributed by atoms with Crippen LogP contribution in [0.25, 0.3) is 11.5 Å². The van der Waals surface area contributed by atoms with E-state index >= 15 is 0 Å². The maximum absolute atomic E-state index is 10.1. The summed E-state index contributed by atoms with van der Waals surface area (Å²) in [6.07, 6.45) is 5.95. The average molecular weight is 558 g/mol. The van der Waals surface area contributed by atoms with E-state index in [1.54, 1.807) is 6.92 Å². The number of likely N-dealkylation sites (tertiary alicyclic amines) is 1. The van der Waals surface area contributed by atoms with Crippen molar-refractivity contribution in [3.8, 4) is 23.5 Å². The topological polar surface area (TPSA) is 138 Å². The standard InChI is InChI=1S/C31H39N7O3/c1-18(39)17-38(4)25-15-26(40-19(2)24-8-6-14-37(24)3)35-30(34-25)28-21-7-5-12-31(29(21)41-36-28)13-11-20-9-10-23(33)22(16-32)27(20)31/h9-10,15,18-19,24,39H,5-8,11-14,17,33H2,1-4H3/t18-,19+,24+,31+/m1/s1. The third-order valence-corrected chi connectivity index (χ3v) is 9.24. The van der Waals surface area contributed by atoms with Crippen LogP contribution in [-0.4, -0.2) is 70.6 Å². The van der Waals surface area contributed by atoms with Crippen molar-refractivity contribution in [3.05, 3.63) is 46.2 Å². The number of aliphatic hydroxyl groups is 1. The largest absolute Gasteiger partial charge is 0.473 e. The number of nitriles is 1. The Hall–Kier alpha value is -3.68. The van der Waals surface area contributed by atoms with Crippen LogP contribution >= 0.6 is 0 Å². The lowest BCUT2D eigenvalue weighted by atomic mass is 9.68. The SMILES string of the molecule is C[C@H](Oc1cc(N(C)C[C@@H](C)O)nc(-c2noc3c2CCC[C@@]32CCc3ccc(N)c(C#N)c32)n1)[C@@H]1CCCN1C. The van der Waals surface area contributed by atoms with Crippen LogP contribution in [0.2, 0.25) is 0 Å². The Balaban J connectivity index is 1.43. The molecule has 0 radical (unpaired) electrons. The first-order valence-electron chi connectivity index (χ1n) is 14.7. The van der Waals surface area contributed by atoms with Crippen molar-refractivity contribution in [2.75, 3.05) is 37.8 Å². The van der Waals surface area contributed by atoms with E-state index in [9.17, 15) is 10.4 Å². The molecule has 3 heterocycles. The number of ether oxygens (including phenoxy) is 1. The summed E-state index contributed by atoms with van der Waals surface area (Å²) >= 11 is 0. The first kappa shape index (κ1) is 27.5. The van der Waals surface area contributed by atoms with Crippen molar-refractivity contribution in [1.82, 2.24) is 20.0 Å². The van der Waals surface area contributed by atoms with Gasteiger partial charge in [0.2, 0.25) is 5.88 Å². The number of hydrogen-bond acceptors (Lipinski definition) is 10. The van der Waals surface area contributed by atoms with Crippen molar-refractivity contribution in [3.63, 3.8) is 0 Å². The minimum Gasteiger partial charge on any atom is -0.473 e. The second kappa shape index (κ2) is 10.6. The minimum absolute atomic E-state index is 0.0560. The van der Waals surface area contributed by atoms with Gasteiger partial charge < -0.3 is 25.0 Å². The molecule has 0 saturated carbocycles. The molecule has 1 saturated heterocycles. The highest BCUT2D eigenvalue weighted by Gasteiger charge is 2.49. The van der Waals surface area contributed by atoms with E-state index in [-0.39, 0.29) is 6.10 Å². The summed E-state index contributed by atoms with van der Waals surface area (Å²) in [7, 11) is 4.03. The van der Waals surface area contributed by atoms with Gasteiger partial charge in [0.05, 0.1) is 17.1 Å². The number of nitrogens with two attached hydrogens (primary N) is 1. The van der Waals surface area contributed by atoms with Crippen LogP contribution in [-0.2, 0) is 18.3 Å². The number of anilines is 2. The average Bonchev–Trinajstić information content (AvgIpc) is 3.66. The fourth-order valence-electron chi connectivity index (χ4n) is 7.32. The highest BCUT2D eigenvalue weighted by Crippen LogP contribution is 2.54. The second-order valence-corrected chi connectivity index (χ2v) is 12.1. The van der Waals surface area contributed by atoms with Gasteiger partial charge in [-0.05, 0) is 89.6 Å². The summed E-state index contributed by atoms with van der Waals surface area (Å²) in [5.41, 5.74) is 10.6. The fourth-order valence-corrected chi connectivity index (χ4v) is 7.32. The first-order chi connectivity index (χ1) is 19.7. The number of nitrogens with zero attached hydrogens (tertiary/aromatic N) is 6. The maximum atomic E-state index is 10.1. The Bertz CT molecular complexity index is 1500. The highest BCUT2D eigenvalue weighted by molar-refractivity contribution is 5.68. The van der Waals surface area contributed by atoms with E-state index in [1.165, 1.54) is 0 Å². The molecule has 0 bridgehead atoms. The summed E-state index contributed by atoms with van der Waals surface area (Å²) < 4.78 is 12.6. The van der Waals surface area contributed by atoms with Crippen molar-refractivity contribution in [2.24, 2.45) is 0 Å². The van der Waals surface area contributed by atoms with Crippen LogP contribution in [0.3, 0.4) is 0 Å². The van der Waals surface area contributed by atoms with Crippen molar-refractivity contribution in [2.45, 2.75) is 82.5 Å². The van der Waals surface area contributed by atoms with Crippen molar-refractivity contribution in [1.29, 1.82) is 5.26 Å². The molecular formula is C31H39N7O3. The number of aliphatic hydroxyl groups excluding tert-OH is 1. The van der Waals surface area contributed by atoms with Gasteiger partial charge in [0.1, 0.15) is 18.0 Å². The molecule has 10 nitrogen and oxygen atoms in total. The molecule has 2 aromatic heterocycles. The normalized spacial score (nSPS) is 23.2. The van der Waals surface area contributed by atoms with E-state index in [1.807, 2.05) is 30.1 Å². The molecule has 4 atom stereocenters. The number of benzene rings is 1. The smallest absolute Gasteiger partial charge is 0.219 e. The number of fused-ring (bicyclic) bond motifs is 4. The van der Waals surface area contributed by atoms with Crippen molar-refractivity contribution >= 4 is 11.5 Å². The summed E-state index contributed by atoms with van der Waals surface area (Å²) in [6, 6.07) is 8.39. The van der Waals surface area contributed by atoms with Crippen LogP contribution in [0.5, 0.6) is 5.88 Å². The molecule has 10 heteroatoms. The van der Waals surface area contributed by atoms with Crippen molar-refractivity contribution < 1.29 is 14.4 Å². The lowest BCUT2D eigenvalue weighted by molar-refractivity contribution is 0.117. The molecule has 1 aromatic carbocycles. The zero-order chi connectivity index (χ0) is 28.9. The molecule has 0 unspecified atom stereocenters. The number of hydrogen-bond donors (Lipinski definition) is 2. The predicted molar refractivity (Wildman–Crippen MR) is 156 cm³/mol. The van der Waals surface area contributed by atoms with Gasteiger partial charge in [-0.15, -0.1) is 0 Å². The number of aromatic nitrogens is 3. The molecule has 1 spiro atoms.